The minimum absolute atomic E-state index is 0.0559. The number of rotatable bonds is 7. The molecule has 21 heavy (non-hydrogen) atoms. The van der Waals surface area contributed by atoms with Crippen LogP contribution in [0.2, 0.25) is 0 Å². The van der Waals surface area contributed by atoms with Crippen LogP contribution >= 0.6 is 0 Å². The summed E-state index contributed by atoms with van der Waals surface area (Å²) in [6, 6.07) is 0. The smallest absolute Gasteiger partial charge is 0.153 e. The monoisotopic (exact) mass is 318 g/mol. The minimum Gasteiger partial charge on any atom is -0.308 e. The summed E-state index contributed by atoms with van der Waals surface area (Å²) in [6.07, 6.45) is 3.19. The zero-order chi connectivity index (χ0) is 16.3. The Labute approximate surface area is 131 Å². The normalized spacial score (nSPS) is 27.2. The molecule has 0 aromatic carbocycles. The van der Waals surface area contributed by atoms with E-state index in [-0.39, 0.29) is 22.1 Å². The van der Waals surface area contributed by atoms with Crippen molar-refractivity contribution in [1.82, 2.24) is 10.2 Å². The number of nitrogens with one attached hydrogen (secondary N) is 1. The summed E-state index contributed by atoms with van der Waals surface area (Å²) in [5, 5.41) is 3.45. The maximum atomic E-state index is 12.1. The van der Waals surface area contributed by atoms with Gasteiger partial charge >= 0.3 is 0 Å². The summed E-state index contributed by atoms with van der Waals surface area (Å²) in [6.45, 7) is 14.9. The van der Waals surface area contributed by atoms with Gasteiger partial charge in [-0.05, 0) is 40.0 Å². The van der Waals surface area contributed by atoms with E-state index in [1.54, 1.807) is 13.8 Å². The SMILES string of the molecule is CCC1(CC)CN(CCS(=O)(=O)C(C)C)C(C)(CC)CN1. The fraction of sp³-hybridized carbons (Fsp3) is 1.00. The lowest BCUT2D eigenvalue weighted by atomic mass is 9.83. The molecule has 1 rings (SSSR count). The molecular weight excluding hydrogens is 284 g/mol. The molecular formula is C16H34N2O2S. The minimum atomic E-state index is -2.97. The first-order chi connectivity index (χ1) is 9.64. The third-order valence-corrected chi connectivity index (χ3v) is 7.77. The van der Waals surface area contributed by atoms with Crippen LogP contribution in [0.1, 0.15) is 60.8 Å². The molecule has 1 aliphatic rings. The summed E-state index contributed by atoms with van der Waals surface area (Å²) in [4.78, 5) is 2.41. The highest BCUT2D eigenvalue weighted by atomic mass is 32.2. The molecule has 5 heteroatoms. The molecule has 1 atom stereocenters. The fourth-order valence-corrected chi connectivity index (χ4v) is 3.94. The molecule has 0 radical (unpaired) electrons. The molecule has 126 valence electrons. The number of hydrogen-bond acceptors (Lipinski definition) is 4. The number of piperazine rings is 1. The van der Waals surface area contributed by atoms with Crippen LogP contribution < -0.4 is 5.32 Å². The molecule has 4 nitrogen and oxygen atoms in total. The predicted molar refractivity (Wildman–Crippen MR) is 90.5 cm³/mol. The van der Waals surface area contributed by atoms with E-state index in [0.29, 0.717) is 6.54 Å². The third-order valence-electron chi connectivity index (χ3n) is 5.58. The van der Waals surface area contributed by atoms with Gasteiger partial charge in [-0.15, -0.1) is 0 Å². The highest BCUT2D eigenvalue weighted by Crippen LogP contribution is 2.30. The zero-order valence-corrected chi connectivity index (χ0v) is 15.5. The Hall–Kier alpha value is -0.130. The third kappa shape index (κ3) is 4.20. The van der Waals surface area contributed by atoms with Crippen molar-refractivity contribution in [1.29, 1.82) is 0 Å². The Kier molecular flexibility index (Phi) is 6.28. The first-order valence-corrected chi connectivity index (χ1v) is 10.1. The van der Waals surface area contributed by atoms with E-state index in [9.17, 15) is 8.42 Å². The van der Waals surface area contributed by atoms with Crippen LogP contribution in [0.25, 0.3) is 0 Å². The van der Waals surface area contributed by atoms with Gasteiger partial charge in [0.15, 0.2) is 9.84 Å². The van der Waals surface area contributed by atoms with Crippen LogP contribution in [-0.4, -0.2) is 55.0 Å². The fourth-order valence-electron chi connectivity index (χ4n) is 3.00. The molecule has 0 aromatic rings. The van der Waals surface area contributed by atoms with Crippen LogP contribution in [-0.2, 0) is 9.84 Å². The Morgan fingerprint density at radius 1 is 1.14 bits per heavy atom. The molecule has 0 aromatic heterocycles. The van der Waals surface area contributed by atoms with Crippen molar-refractivity contribution in [2.45, 2.75) is 77.1 Å². The first-order valence-electron chi connectivity index (χ1n) is 8.36. The van der Waals surface area contributed by atoms with Gasteiger partial charge in [0.05, 0.1) is 11.0 Å². The van der Waals surface area contributed by atoms with Crippen molar-refractivity contribution in [2.75, 3.05) is 25.4 Å². The molecule has 1 unspecified atom stereocenters. The van der Waals surface area contributed by atoms with Crippen molar-refractivity contribution in [3.63, 3.8) is 0 Å². The van der Waals surface area contributed by atoms with E-state index < -0.39 is 9.84 Å². The van der Waals surface area contributed by atoms with E-state index in [4.69, 9.17) is 0 Å². The summed E-state index contributed by atoms with van der Waals surface area (Å²) >= 11 is 0. The van der Waals surface area contributed by atoms with Gasteiger partial charge in [0.25, 0.3) is 0 Å². The molecule has 1 saturated heterocycles. The topological polar surface area (TPSA) is 49.4 Å². The Morgan fingerprint density at radius 2 is 1.71 bits per heavy atom. The van der Waals surface area contributed by atoms with E-state index in [1.165, 1.54) is 0 Å². The van der Waals surface area contributed by atoms with Gasteiger partial charge in [-0.1, -0.05) is 20.8 Å². The lowest BCUT2D eigenvalue weighted by Gasteiger charge is -2.53. The van der Waals surface area contributed by atoms with E-state index >= 15 is 0 Å². The summed E-state index contributed by atoms with van der Waals surface area (Å²) in [5.74, 6) is 0.268. The Morgan fingerprint density at radius 3 is 2.14 bits per heavy atom. The molecule has 1 fully saturated rings. The molecule has 0 saturated carbocycles. The van der Waals surface area contributed by atoms with Gasteiger partial charge in [-0.2, -0.15) is 0 Å². The van der Waals surface area contributed by atoms with Gasteiger partial charge < -0.3 is 5.32 Å². The Balaban J connectivity index is 2.87. The summed E-state index contributed by atoms with van der Waals surface area (Å²) in [7, 11) is -2.97. The molecule has 0 amide bonds. The van der Waals surface area contributed by atoms with Gasteiger partial charge in [0.1, 0.15) is 0 Å². The lowest BCUT2D eigenvalue weighted by Crippen LogP contribution is -2.69. The molecule has 0 spiro atoms. The highest BCUT2D eigenvalue weighted by Gasteiger charge is 2.42. The first kappa shape index (κ1) is 18.9. The van der Waals surface area contributed by atoms with Gasteiger partial charge in [0, 0.05) is 30.7 Å². The van der Waals surface area contributed by atoms with Crippen LogP contribution in [0.5, 0.6) is 0 Å². The van der Waals surface area contributed by atoms with E-state index in [1.807, 2.05) is 0 Å². The Bertz CT molecular complexity index is 430. The van der Waals surface area contributed by atoms with Gasteiger partial charge in [-0.25, -0.2) is 8.42 Å². The van der Waals surface area contributed by atoms with Crippen molar-refractivity contribution in [2.24, 2.45) is 0 Å². The lowest BCUT2D eigenvalue weighted by molar-refractivity contribution is 0.0139. The van der Waals surface area contributed by atoms with Crippen LogP contribution in [0.15, 0.2) is 0 Å². The standard InChI is InChI=1S/C16H34N2O2S/c1-7-15(6)12-17-16(8-2,9-3)13-18(15)10-11-21(19,20)14(4)5/h14,17H,7-13H2,1-6H3. The van der Waals surface area contributed by atoms with Gasteiger partial charge in [0.2, 0.25) is 0 Å². The van der Waals surface area contributed by atoms with Crippen LogP contribution in [0.3, 0.4) is 0 Å². The van der Waals surface area contributed by atoms with Crippen molar-refractivity contribution in [3.8, 4) is 0 Å². The second kappa shape index (κ2) is 6.97. The zero-order valence-electron chi connectivity index (χ0n) is 14.7. The summed E-state index contributed by atoms with van der Waals surface area (Å²) < 4.78 is 24.3. The van der Waals surface area contributed by atoms with Crippen LogP contribution in [0, 0.1) is 0 Å². The summed E-state index contributed by atoms with van der Waals surface area (Å²) in [5.41, 5.74) is 0.191. The molecule has 0 aliphatic carbocycles. The quantitative estimate of drug-likeness (QED) is 0.783. The predicted octanol–water partition coefficient (Wildman–Crippen LogP) is 2.44. The number of nitrogens with zero attached hydrogens (tertiary/aromatic N) is 1. The second-order valence-electron chi connectivity index (χ2n) is 7.03. The van der Waals surface area contributed by atoms with Crippen LogP contribution in [0.4, 0.5) is 0 Å². The van der Waals surface area contributed by atoms with E-state index in [2.05, 4.69) is 37.9 Å². The van der Waals surface area contributed by atoms with Gasteiger partial charge in [-0.3, -0.25) is 4.90 Å². The van der Waals surface area contributed by atoms with E-state index in [0.717, 1.165) is 32.4 Å². The maximum Gasteiger partial charge on any atom is 0.153 e. The average molecular weight is 319 g/mol. The number of sulfone groups is 1. The van der Waals surface area contributed by atoms with Crippen molar-refractivity contribution >= 4 is 9.84 Å². The van der Waals surface area contributed by atoms with Crippen molar-refractivity contribution in [3.05, 3.63) is 0 Å². The average Bonchev–Trinajstić information content (AvgIpc) is 2.46. The maximum absolute atomic E-state index is 12.1. The second-order valence-corrected chi connectivity index (χ2v) is 9.71. The molecule has 1 N–H and O–H groups in total. The molecule has 1 aliphatic heterocycles. The largest absolute Gasteiger partial charge is 0.308 e. The highest BCUT2D eigenvalue weighted by molar-refractivity contribution is 7.92. The van der Waals surface area contributed by atoms with Crippen molar-refractivity contribution < 1.29 is 8.42 Å². The molecule has 0 bridgehead atoms. The number of hydrogen-bond donors (Lipinski definition) is 1. The molecule has 1 heterocycles.